The number of ether oxygens (including phenoxy) is 1. The van der Waals surface area contributed by atoms with E-state index in [0.29, 0.717) is 29.0 Å². The van der Waals surface area contributed by atoms with Crippen molar-refractivity contribution in [2.75, 3.05) is 19.8 Å². The van der Waals surface area contributed by atoms with Gasteiger partial charge in [0.2, 0.25) is 0 Å². The number of hydrogen-bond donors (Lipinski definition) is 1. The molecule has 1 aromatic heterocycles. The normalized spacial score (nSPS) is 17.9. The van der Waals surface area contributed by atoms with Gasteiger partial charge in [0, 0.05) is 25.3 Å². The topological polar surface area (TPSA) is 51.5 Å². The highest BCUT2D eigenvalue weighted by Crippen LogP contribution is 2.29. The van der Waals surface area contributed by atoms with Crippen LogP contribution in [0.25, 0.3) is 11.3 Å². The summed E-state index contributed by atoms with van der Waals surface area (Å²) >= 11 is 6.14. The lowest BCUT2D eigenvalue weighted by Crippen LogP contribution is -2.27. The summed E-state index contributed by atoms with van der Waals surface area (Å²) in [6.07, 6.45) is 3.22. The predicted octanol–water partition coefficient (Wildman–Crippen LogP) is 4.15. The monoisotopic (exact) mass is 333 g/mol. The number of amides is 1. The average molecular weight is 334 g/mol. The molecule has 0 unspecified atom stereocenters. The van der Waals surface area contributed by atoms with E-state index >= 15 is 0 Å². The van der Waals surface area contributed by atoms with Crippen molar-refractivity contribution in [3.05, 3.63) is 47.2 Å². The smallest absolute Gasteiger partial charge is 0.287 e. The van der Waals surface area contributed by atoms with E-state index in [2.05, 4.69) is 5.32 Å². The second-order valence-electron chi connectivity index (χ2n) is 5.77. The van der Waals surface area contributed by atoms with Crippen LogP contribution in [0.3, 0.4) is 0 Å². The van der Waals surface area contributed by atoms with E-state index in [4.69, 9.17) is 20.8 Å². The fraction of sp³-hybridized carbons (Fsp3) is 0.389. The van der Waals surface area contributed by atoms with Gasteiger partial charge in [0.25, 0.3) is 5.91 Å². The van der Waals surface area contributed by atoms with Crippen LogP contribution >= 0.6 is 11.6 Å². The van der Waals surface area contributed by atoms with E-state index in [-0.39, 0.29) is 5.91 Å². The Morgan fingerprint density at radius 2 is 2.13 bits per heavy atom. The molecule has 1 aliphatic rings. The summed E-state index contributed by atoms with van der Waals surface area (Å²) in [7, 11) is 0. The lowest BCUT2D eigenvalue weighted by molar-refractivity contribution is 0.0513. The number of hydrogen-bond acceptors (Lipinski definition) is 3. The van der Waals surface area contributed by atoms with Crippen molar-refractivity contribution in [3.63, 3.8) is 0 Å². The minimum atomic E-state index is -0.194. The minimum absolute atomic E-state index is 0.194. The van der Waals surface area contributed by atoms with Crippen LogP contribution in [-0.2, 0) is 4.74 Å². The Kier molecular flexibility index (Phi) is 5.36. The fourth-order valence-electron chi connectivity index (χ4n) is 2.78. The SMILES string of the molecule is O=C(NCC[C@H]1CCCOC1)c1ccc(-c2ccccc2Cl)o1. The Hall–Kier alpha value is -1.78. The quantitative estimate of drug-likeness (QED) is 0.894. The molecule has 1 atom stereocenters. The summed E-state index contributed by atoms with van der Waals surface area (Å²) in [5.41, 5.74) is 0.785. The summed E-state index contributed by atoms with van der Waals surface area (Å²) in [5, 5.41) is 3.51. The number of furan rings is 1. The maximum Gasteiger partial charge on any atom is 0.287 e. The Labute approximate surface area is 140 Å². The molecule has 5 heteroatoms. The molecule has 1 aliphatic heterocycles. The highest BCUT2D eigenvalue weighted by molar-refractivity contribution is 6.33. The maximum absolute atomic E-state index is 12.1. The molecule has 1 aromatic carbocycles. The van der Waals surface area contributed by atoms with Crippen LogP contribution in [-0.4, -0.2) is 25.7 Å². The van der Waals surface area contributed by atoms with Gasteiger partial charge in [-0.1, -0.05) is 23.7 Å². The third-order valence-corrected chi connectivity index (χ3v) is 4.39. The number of halogens is 1. The van der Waals surface area contributed by atoms with Crippen molar-refractivity contribution in [1.82, 2.24) is 5.32 Å². The number of carbonyl (C=O) groups excluding carboxylic acids is 1. The first kappa shape index (κ1) is 16.1. The van der Waals surface area contributed by atoms with Crippen molar-refractivity contribution >= 4 is 17.5 Å². The van der Waals surface area contributed by atoms with E-state index < -0.39 is 0 Å². The molecule has 1 fully saturated rings. The molecule has 0 radical (unpaired) electrons. The number of carbonyl (C=O) groups is 1. The Morgan fingerprint density at radius 3 is 2.91 bits per heavy atom. The lowest BCUT2D eigenvalue weighted by Gasteiger charge is -2.21. The van der Waals surface area contributed by atoms with Crippen molar-refractivity contribution in [3.8, 4) is 11.3 Å². The van der Waals surface area contributed by atoms with Crippen molar-refractivity contribution in [2.24, 2.45) is 5.92 Å². The first-order valence-corrected chi connectivity index (χ1v) is 8.32. The van der Waals surface area contributed by atoms with Crippen LogP contribution in [0.1, 0.15) is 29.8 Å². The van der Waals surface area contributed by atoms with Crippen molar-refractivity contribution in [2.45, 2.75) is 19.3 Å². The van der Waals surface area contributed by atoms with Gasteiger partial charge in [0.1, 0.15) is 5.76 Å². The molecule has 23 heavy (non-hydrogen) atoms. The first-order chi connectivity index (χ1) is 11.2. The van der Waals surface area contributed by atoms with Crippen LogP contribution in [0.2, 0.25) is 5.02 Å². The van der Waals surface area contributed by atoms with Crippen LogP contribution in [0.4, 0.5) is 0 Å². The summed E-state index contributed by atoms with van der Waals surface area (Å²) in [6, 6.07) is 10.9. The first-order valence-electron chi connectivity index (χ1n) is 7.95. The summed E-state index contributed by atoms with van der Waals surface area (Å²) in [4.78, 5) is 12.1. The van der Waals surface area contributed by atoms with E-state index in [1.54, 1.807) is 18.2 Å². The van der Waals surface area contributed by atoms with Crippen LogP contribution in [0.5, 0.6) is 0 Å². The van der Waals surface area contributed by atoms with Crippen LogP contribution < -0.4 is 5.32 Å². The van der Waals surface area contributed by atoms with Crippen molar-refractivity contribution < 1.29 is 13.9 Å². The second kappa shape index (κ2) is 7.66. The molecule has 2 aromatic rings. The van der Waals surface area contributed by atoms with E-state index in [1.807, 2.05) is 18.2 Å². The average Bonchev–Trinajstić information content (AvgIpc) is 3.06. The van der Waals surface area contributed by atoms with E-state index in [1.165, 1.54) is 6.42 Å². The standard InChI is InChI=1S/C18H20ClNO3/c19-15-6-2-1-5-14(15)16-7-8-17(23-16)18(21)20-10-9-13-4-3-11-22-12-13/h1-2,5-8,13H,3-4,9-12H2,(H,20,21)/t13-/m1/s1. The van der Waals surface area contributed by atoms with E-state index in [0.717, 1.165) is 31.6 Å². The van der Waals surface area contributed by atoms with Crippen LogP contribution in [0.15, 0.2) is 40.8 Å². The zero-order valence-electron chi connectivity index (χ0n) is 12.9. The lowest BCUT2D eigenvalue weighted by atomic mass is 9.99. The molecule has 0 saturated carbocycles. The van der Waals surface area contributed by atoms with Gasteiger partial charge in [-0.15, -0.1) is 0 Å². The zero-order valence-corrected chi connectivity index (χ0v) is 13.6. The molecule has 0 bridgehead atoms. The Morgan fingerprint density at radius 1 is 1.26 bits per heavy atom. The van der Waals surface area contributed by atoms with Gasteiger partial charge >= 0.3 is 0 Å². The van der Waals surface area contributed by atoms with Gasteiger partial charge < -0.3 is 14.5 Å². The predicted molar refractivity (Wildman–Crippen MR) is 89.6 cm³/mol. The Balaban J connectivity index is 1.55. The molecular weight excluding hydrogens is 314 g/mol. The molecule has 122 valence electrons. The number of nitrogens with one attached hydrogen (secondary N) is 1. The third kappa shape index (κ3) is 4.15. The summed E-state index contributed by atoms with van der Waals surface area (Å²) < 4.78 is 11.1. The molecule has 2 heterocycles. The molecular formula is C18H20ClNO3. The molecule has 4 nitrogen and oxygen atoms in total. The van der Waals surface area contributed by atoms with Gasteiger partial charge in [0.05, 0.1) is 5.02 Å². The summed E-state index contributed by atoms with van der Waals surface area (Å²) in [6.45, 7) is 2.29. The highest BCUT2D eigenvalue weighted by Gasteiger charge is 2.16. The zero-order chi connectivity index (χ0) is 16.1. The third-order valence-electron chi connectivity index (χ3n) is 4.06. The van der Waals surface area contributed by atoms with Gasteiger partial charge in [-0.05, 0) is 49.4 Å². The highest BCUT2D eigenvalue weighted by atomic mass is 35.5. The van der Waals surface area contributed by atoms with Crippen molar-refractivity contribution in [1.29, 1.82) is 0 Å². The Bertz CT molecular complexity index is 662. The van der Waals surface area contributed by atoms with Gasteiger partial charge in [-0.25, -0.2) is 0 Å². The molecule has 3 rings (SSSR count). The molecule has 0 aliphatic carbocycles. The molecule has 0 spiro atoms. The van der Waals surface area contributed by atoms with Gasteiger partial charge in [-0.3, -0.25) is 4.79 Å². The maximum atomic E-state index is 12.1. The summed E-state index contributed by atoms with van der Waals surface area (Å²) in [5.74, 6) is 1.25. The number of benzene rings is 1. The minimum Gasteiger partial charge on any atom is -0.451 e. The molecule has 1 amide bonds. The second-order valence-corrected chi connectivity index (χ2v) is 6.18. The number of rotatable bonds is 5. The molecule has 1 N–H and O–H groups in total. The van der Waals surface area contributed by atoms with Crippen LogP contribution in [0, 0.1) is 5.92 Å². The van der Waals surface area contributed by atoms with Gasteiger partial charge in [0.15, 0.2) is 5.76 Å². The molecule has 1 saturated heterocycles. The van der Waals surface area contributed by atoms with E-state index in [9.17, 15) is 4.79 Å². The fourth-order valence-corrected chi connectivity index (χ4v) is 3.01. The largest absolute Gasteiger partial charge is 0.451 e. The van der Waals surface area contributed by atoms with Gasteiger partial charge in [-0.2, -0.15) is 0 Å².